The number of alkyl carbamates (subject to hydrolysis) is 1. The Morgan fingerprint density at radius 2 is 1.81 bits per heavy atom. The predicted octanol–water partition coefficient (Wildman–Crippen LogP) is 4.25. The molecule has 3 N–H and O–H groups in total. The van der Waals surface area contributed by atoms with Crippen LogP contribution in [-0.4, -0.2) is 46.2 Å². The van der Waals surface area contributed by atoms with E-state index in [0.29, 0.717) is 21.8 Å². The van der Waals surface area contributed by atoms with Gasteiger partial charge in [-0.2, -0.15) is 0 Å². The number of carbonyl (C=O) groups excluding carboxylic acids is 3. The second-order valence-corrected chi connectivity index (χ2v) is 9.81. The van der Waals surface area contributed by atoms with Gasteiger partial charge in [-0.3, -0.25) is 14.5 Å². The minimum atomic E-state index is -1.45. The van der Waals surface area contributed by atoms with Gasteiger partial charge >= 0.3 is 6.09 Å². The molecular formula is C27H32ClN3O5. The van der Waals surface area contributed by atoms with Crippen molar-refractivity contribution in [3.63, 3.8) is 0 Å². The predicted molar refractivity (Wildman–Crippen MR) is 139 cm³/mol. The highest BCUT2D eigenvalue weighted by molar-refractivity contribution is 6.34. The second kappa shape index (κ2) is 11.9. The summed E-state index contributed by atoms with van der Waals surface area (Å²) in [7, 11) is 0. The lowest BCUT2D eigenvalue weighted by atomic mass is 9.96. The van der Waals surface area contributed by atoms with Crippen LogP contribution in [0.15, 0.2) is 36.4 Å². The van der Waals surface area contributed by atoms with Crippen LogP contribution in [0.25, 0.3) is 0 Å². The van der Waals surface area contributed by atoms with Crippen LogP contribution in [0.2, 0.25) is 5.02 Å². The number of aliphatic hydroxyl groups is 1. The SMILES string of the molecule is C#CN(C(=O)C(CO)NC(=O)OC(C)(C)C)C(C(=O)Nc1c(C)cccc1Cl)c1ccc(C)cc1C. The van der Waals surface area contributed by atoms with Crippen molar-refractivity contribution >= 4 is 35.2 Å². The summed E-state index contributed by atoms with van der Waals surface area (Å²) in [5.74, 6) is -1.47. The summed E-state index contributed by atoms with van der Waals surface area (Å²) in [5, 5.41) is 15.3. The van der Waals surface area contributed by atoms with E-state index in [0.717, 1.165) is 16.0 Å². The number of amides is 3. The molecule has 0 aliphatic heterocycles. The molecule has 0 aliphatic rings. The third-order valence-electron chi connectivity index (χ3n) is 5.24. The van der Waals surface area contributed by atoms with Gasteiger partial charge in [0.05, 0.1) is 17.3 Å². The molecule has 0 saturated heterocycles. The Morgan fingerprint density at radius 1 is 1.14 bits per heavy atom. The number of nitrogens with one attached hydrogen (secondary N) is 2. The van der Waals surface area contributed by atoms with Gasteiger partial charge in [0.25, 0.3) is 11.8 Å². The Bertz CT molecular complexity index is 1160. The first-order valence-corrected chi connectivity index (χ1v) is 11.7. The largest absolute Gasteiger partial charge is 0.444 e. The number of ether oxygens (including phenoxy) is 1. The topological polar surface area (TPSA) is 108 Å². The van der Waals surface area contributed by atoms with Crippen molar-refractivity contribution in [3.05, 3.63) is 63.7 Å². The summed E-state index contributed by atoms with van der Waals surface area (Å²) in [6, 6.07) is 10.1. The van der Waals surface area contributed by atoms with Gasteiger partial charge in [0, 0.05) is 6.04 Å². The lowest BCUT2D eigenvalue weighted by molar-refractivity contribution is -0.137. The van der Waals surface area contributed by atoms with Crippen molar-refractivity contribution in [3.8, 4) is 12.5 Å². The fourth-order valence-corrected chi connectivity index (χ4v) is 3.85. The molecule has 2 unspecified atom stereocenters. The van der Waals surface area contributed by atoms with E-state index in [-0.39, 0.29) is 0 Å². The van der Waals surface area contributed by atoms with E-state index in [1.165, 1.54) is 0 Å². The molecule has 2 rings (SSSR count). The van der Waals surface area contributed by atoms with Crippen LogP contribution >= 0.6 is 11.6 Å². The van der Waals surface area contributed by atoms with E-state index in [1.807, 2.05) is 13.0 Å². The number of anilines is 1. The minimum absolute atomic E-state index is 0.320. The number of terminal acetylenes is 1. The maximum atomic E-state index is 13.6. The average molecular weight is 514 g/mol. The zero-order valence-corrected chi connectivity index (χ0v) is 22.1. The van der Waals surface area contributed by atoms with Crippen molar-refractivity contribution in [1.29, 1.82) is 0 Å². The lowest BCUT2D eigenvalue weighted by Gasteiger charge is -2.30. The molecule has 3 amide bonds. The van der Waals surface area contributed by atoms with Crippen molar-refractivity contribution in [1.82, 2.24) is 10.2 Å². The molecule has 0 bridgehead atoms. The quantitative estimate of drug-likeness (QED) is 0.379. The molecule has 0 aliphatic carbocycles. The zero-order chi connectivity index (χ0) is 27.2. The van der Waals surface area contributed by atoms with Crippen LogP contribution in [-0.2, 0) is 14.3 Å². The fourth-order valence-electron chi connectivity index (χ4n) is 3.58. The Labute approximate surface area is 217 Å². The minimum Gasteiger partial charge on any atom is -0.444 e. The van der Waals surface area contributed by atoms with Crippen molar-refractivity contribution in [2.45, 2.75) is 59.2 Å². The fraction of sp³-hybridized carbons (Fsp3) is 0.370. The molecule has 0 heterocycles. The summed E-state index contributed by atoms with van der Waals surface area (Å²) >= 11 is 6.31. The summed E-state index contributed by atoms with van der Waals surface area (Å²) in [4.78, 5) is 40.2. The number of aryl methyl sites for hydroxylation is 3. The van der Waals surface area contributed by atoms with Crippen LogP contribution in [0.1, 0.15) is 49.1 Å². The molecule has 0 saturated carbocycles. The van der Waals surface area contributed by atoms with E-state index in [4.69, 9.17) is 22.8 Å². The number of hydrogen-bond donors (Lipinski definition) is 3. The van der Waals surface area contributed by atoms with Crippen LogP contribution < -0.4 is 10.6 Å². The van der Waals surface area contributed by atoms with Gasteiger partial charge in [-0.1, -0.05) is 53.9 Å². The maximum Gasteiger partial charge on any atom is 0.408 e. The van der Waals surface area contributed by atoms with Crippen LogP contribution in [0.3, 0.4) is 0 Å². The van der Waals surface area contributed by atoms with E-state index in [1.54, 1.807) is 65.0 Å². The molecule has 0 spiro atoms. The van der Waals surface area contributed by atoms with Crippen molar-refractivity contribution < 1.29 is 24.2 Å². The zero-order valence-electron chi connectivity index (χ0n) is 21.3. The molecule has 8 nitrogen and oxygen atoms in total. The number of nitrogens with zero attached hydrogens (tertiary/aromatic N) is 1. The number of rotatable bonds is 7. The molecule has 2 aromatic carbocycles. The van der Waals surface area contributed by atoms with Gasteiger partial charge in [-0.25, -0.2) is 4.79 Å². The van der Waals surface area contributed by atoms with Crippen LogP contribution in [0.4, 0.5) is 10.5 Å². The number of benzene rings is 2. The normalized spacial score (nSPS) is 12.6. The Hall–Kier alpha value is -3.54. The molecular weight excluding hydrogens is 482 g/mol. The summed E-state index contributed by atoms with van der Waals surface area (Å²) in [5.41, 5.74) is 2.42. The summed E-state index contributed by atoms with van der Waals surface area (Å²) in [6.45, 7) is 9.69. The van der Waals surface area contributed by atoms with Gasteiger partial charge in [0.2, 0.25) is 0 Å². The summed E-state index contributed by atoms with van der Waals surface area (Å²) in [6.07, 6.45) is 4.82. The molecule has 192 valence electrons. The smallest absolute Gasteiger partial charge is 0.408 e. The van der Waals surface area contributed by atoms with Gasteiger partial charge < -0.3 is 20.5 Å². The Morgan fingerprint density at radius 3 is 2.33 bits per heavy atom. The standard InChI is InChI=1S/C27H32ClN3O5/c1-8-31(25(34)21(15-32)29-26(35)36-27(5,6)7)23(19-13-12-16(2)14-18(19)4)24(33)30-22-17(3)10-9-11-20(22)28/h1,9-14,21,23,32H,15H2,2-7H3,(H,29,35)(H,30,33). The van der Waals surface area contributed by atoms with Gasteiger partial charge in [0.15, 0.2) is 0 Å². The number of aliphatic hydroxyl groups excluding tert-OH is 1. The highest BCUT2D eigenvalue weighted by atomic mass is 35.5. The molecule has 9 heteroatoms. The number of halogens is 1. The third-order valence-corrected chi connectivity index (χ3v) is 5.56. The van der Waals surface area contributed by atoms with E-state index in [9.17, 15) is 19.5 Å². The molecule has 36 heavy (non-hydrogen) atoms. The first-order chi connectivity index (χ1) is 16.8. The molecule has 0 aromatic heterocycles. The van der Waals surface area contributed by atoms with Gasteiger partial charge in [0.1, 0.15) is 17.7 Å². The molecule has 0 fully saturated rings. The summed E-state index contributed by atoms with van der Waals surface area (Å²) < 4.78 is 5.19. The van der Waals surface area contributed by atoms with Crippen LogP contribution in [0.5, 0.6) is 0 Å². The number of para-hydroxylation sites is 1. The highest BCUT2D eigenvalue weighted by Gasteiger charge is 2.36. The van der Waals surface area contributed by atoms with Crippen LogP contribution in [0, 0.1) is 33.2 Å². The molecule has 2 atom stereocenters. The Kier molecular flexibility index (Phi) is 9.51. The van der Waals surface area contributed by atoms with Gasteiger partial charge in [-0.05, 0) is 64.3 Å². The maximum absolute atomic E-state index is 13.6. The third kappa shape index (κ3) is 7.23. The number of carbonyl (C=O) groups is 3. The molecule has 0 radical (unpaired) electrons. The lowest BCUT2D eigenvalue weighted by Crippen LogP contribution is -2.52. The van der Waals surface area contributed by atoms with E-state index < -0.39 is 42.2 Å². The second-order valence-electron chi connectivity index (χ2n) is 9.40. The molecule has 2 aromatic rings. The first-order valence-electron chi connectivity index (χ1n) is 11.3. The first kappa shape index (κ1) is 28.7. The number of hydrogen-bond acceptors (Lipinski definition) is 5. The highest BCUT2D eigenvalue weighted by Crippen LogP contribution is 2.30. The van der Waals surface area contributed by atoms with Crippen molar-refractivity contribution in [2.75, 3.05) is 11.9 Å². The van der Waals surface area contributed by atoms with Crippen molar-refractivity contribution in [2.24, 2.45) is 0 Å². The van der Waals surface area contributed by atoms with E-state index >= 15 is 0 Å². The monoisotopic (exact) mass is 513 g/mol. The Balaban J connectivity index is 2.50. The average Bonchev–Trinajstić information content (AvgIpc) is 2.77. The van der Waals surface area contributed by atoms with E-state index in [2.05, 4.69) is 16.7 Å². The van der Waals surface area contributed by atoms with Gasteiger partial charge in [-0.15, -0.1) is 0 Å².